The molecule has 2 aromatic rings. The largest absolute Gasteiger partial charge is 0.373 e. The summed E-state index contributed by atoms with van der Waals surface area (Å²) in [4.78, 5) is 12.3. The first-order valence-corrected chi connectivity index (χ1v) is 10.7. The zero-order chi connectivity index (χ0) is 20.9. The SMILES string of the molecule is C[C@H]1C[C@@H]2C[C@@H](OCc3c(-c4c(Cl)cccc4Cl)noc3C(C)(C)F)C[C@H]1C2=O. The van der Waals surface area contributed by atoms with Gasteiger partial charge in [-0.25, -0.2) is 4.39 Å². The number of fused-ring (bicyclic) bond motifs is 2. The minimum Gasteiger partial charge on any atom is -0.373 e. The molecule has 2 bridgehead atoms. The van der Waals surface area contributed by atoms with E-state index in [1.165, 1.54) is 13.8 Å². The Balaban J connectivity index is 1.63. The van der Waals surface area contributed by atoms with E-state index in [9.17, 15) is 9.18 Å². The molecule has 0 radical (unpaired) electrons. The maximum Gasteiger partial charge on any atom is 0.179 e. The summed E-state index contributed by atoms with van der Waals surface area (Å²) in [6.07, 6.45) is 2.30. The molecule has 2 saturated carbocycles. The monoisotopic (exact) mass is 439 g/mol. The van der Waals surface area contributed by atoms with E-state index in [1.807, 2.05) is 0 Å². The molecule has 0 N–H and O–H groups in total. The topological polar surface area (TPSA) is 52.3 Å². The average Bonchev–Trinajstić information content (AvgIpc) is 3.10. The van der Waals surface area contributed by atoms with Gasteiger partial charge in [-0.15, -0.1) is 0 Å². The standard InChI is InChI=1S/C22H24Cl2FNO3/c1-11-7-12-8-13(9-14(11)20(12)27)28-10-15-19(26-29-21(15)22(2,3)25)18-16(23)5-4-6-17(18)24/h4-6,11-14H,7-10H2,1-3H3/t11-,12+,13+,14+/m0/s1. The van der Waals surface area contributed by atoms with Crippen molar-refractivity contribution >= 4 is 29.0 Å². The molecule has 2 aliphatic rings. The van der Waals surface area contributed by atoms with Crippen molar-refractivity contribution in [3.63, 3.8) is 0 Å². The molecule has 2 fully saturated rings. The fourth-order valence-corrected chi connectivity index (χ4v) is 5.31. The number of nitrogens with zero attached hydrogens (tertiary/aromatic N) is 1. The number of benzene rings is 1. The van der Waals surface area contributed by atoms with Crippen LogP contribution in [0.5, 0.6) is 0 Å². The maximum atomic E-state index is 14.8. The highest BCUT2D eigenvalue weighted by molar-refractivity contribution is 6.39. The van der Waals surface area contributed by atoms with Crippen LogP contribution in [0.25, 0.3) is 11.3 Å². The number of Topliss-reactive ketones (excluding diaryl/α,β-unsaturated/α-hetero) is 1. The van der Waals surface area contributed by atoms with Crippen LogP contribution in [0.2, 0.25) is 10.0 Å². The summed E-state index contributed by atoms with van der Waals surface area (Å²) in [5.74, 6) is 1.01. The molecule has 1 heterocycles. The first kappa shape index (κ1) is 20.8. The fraction of sp³-hybridized carbons (Fsp3) is 0.545. The lowest BCUT2D eigenvalue weighted by atomic mass is 9.84. The lowest BCUT2D eigenvalue weighted by Gasteiger charge is -2.27. The van der Waals surface area contributed by atoms with Gasteiger partial charge in [0.2, 0.25) is 0 Å². The third-order valence-corrected chi connectivity index (χ3v) is 6.80. The lowest BCUT2D eigenvalue weighted by molar-refractivity contribution is -0.130. The molecule has 1 aromatic heterocycles. The normalized spacial score (nSPS) is 26.9. The zero-order valence-corrected chi connectivity index (χ0v) is 18.2. The Morgan fingerprint density at radius 1 is 1.24 bits per heavy atom. The van der Waals surface area contributed by atoms with Gasteiger partial charge >= 0.3 is 0 Å². The van der Waals surface area contributed by atoms with E-state index in [0.29, 0.717) is 51.4 Å². The van der Waals surface area contributed by atoms with Crippen LogP contribution in [0.4, 0.5) is 4.39 Å². The second-order valence-corrected chi connectivity index (χ2v) is 9.55. The number of alkyl halides is 1. The van der Waals surface area contributed by atoms with E-state index in [-0.39, 0.29) is 30.3 Å². The third-order valence-electron chi connectivity index (χ3n) is 6.17. The van der Waals surface area contributed by atoms with Gasteiger partial charge in [-0.3, -0.25) is 4.79 Å². The van der Waals surface area contributed by atoms with Gasteiger partial charge in [0.05, 0.1) is 28.3 Å². The smallest absolute Gasteiger partial charge is 0.179 e. The predicted molar refractivity (Wildman–Crippen MR) is 110 cm³/mol. The molecule has 2 aliphatic carbocycles. The third kappa shape index (κ3) is 3.85. The Morgan fingerprint density at radius 3 is 2.55 bits per heavy atom. The number of ketones is 1. The Hall–Kier alpha value is -1.43. The minimum absolute atomic E-state index is 0.0484. The first-order valence-electron chi connectivity index (χ1n) is 9.94. The number of halogens is 3. The second kappa shape index (κ2) is 7.68. The number of hydrogen-bond donors (Lipinski definition) is 0. The van der Waals surface area contributed by atoms with E-state index in [1.54, 1.807) is 18.2 Å². The van der Waals surface area contributed by atoms with E-state index in [2.05, 4.69) is 12.1 Å². The first-order chi connectivity index (χ1) is 13.7. The van der Waals surface area contributed by atoms with Crippen LogP contribution in [-0.4, -0.2) is 17.0 Å². The average molecular weight is 440 g/mol. The molecule has 4 atom stereocenters. The minimum atomic E-state index is -1.74. The van der Waals surface area contributed by atoms with Crippen LogP contribution in [0.15, 0.2) is 22.7 Å². The van der Waals surface area contributed by atoms with Gasteiger partial charge in [0.1, 0.15) is 11.5 Å². The van der Waals surface area contributed by atoms with Crippen LogP contribution in [0, 0.1) is 17.8 Å². The van der Waals surface area contributed by atoms with Gasteiger partial charge in [-0.1, -0.05) is 41.3 Å². The summed E-state index contributed by atoms with van der Waals surface area (Å²) in [6, 6.07) is 5.14. The fourth-order valence-electron chi connectivity index (χ4n) is 4.74. The van der Waals surface area contributed by atoms with Gasteiger partial charge in [-0.05, 0) is 51.2 Å². The van der Waals surface area contributed by atoms with Crippen molar-refractivity contribution in [2.45, 2.75) is 58.4 Å². The van der Waals surface area contributed by atoms with Gasteiger partial charge in [0.25, 0.3) is 0 Å². The molecular weight excluding hydrogens is 416 g/mol. The van der Waals surface area contributed by atoms with Crippen molar-refractivity contribution in [2.24, 2.45) is 17.8 Å². The molecule has 7 heteroatoms. The Labute approximate surface area is 179 Å². The van der Waals surface area contributed by atoms with Gasteiger partial charge in [-0.2, -0.15) is 0 Å². The highest BCUT2D eigenvalue weighted by atomic mass is 35.5. The molecule has 29 heavy (non-hydrogen) atoms. The second-order valence-electron chi connectivity index (χ2n) is 8.73. The van der Waals surface area contributed by atoms with Gasteiger partial charge in [0, 0.05) is 17.4 Å². The molecule has 4 rings (SSSR count). The molecule has 4 nitrogen and oxygen atoms in total. The Bertz CT molecular complexity index is 916. The Kier molecular flexibility index (Phi) is 5.51. The van der Waals surface area contributed by atoms with E-state index in [0.717, 1.165) is 6.42 Å². The van der Waals surface area contributed by atoms with Crippen molar-refractivity contribution in [2.75, 3.05) is 0 Å². The number of rotatable bonds is 5. The number of carbonyl (C=O) groups is 1. The van der Waals surface area contributed by atoms with Crippen molar-refractivity contribution in [3.05, 3.63) is 39.6 Å². The van der Waals surface area contributed by atoms with Crippen LogP contribution >= 0.6 is 23.2 Å². The number of hydrogen-bond acceptors (Lipinski definition) is 4. The molecule has 0 amide bonds. The molecule has 156 valence electrons. The van der Waals surface area contributed by atoms with Crippen LogP contribution in [0.1, 0.15) is 51.4 Å². The molecular formula is C22H24Cl2FNO3. The summed E-state index contributed by atoms with van der Waals surface area (Å²) in [5.41, 5.74) is -0.344. The summed E-state index contributed by atoms with van der Waals surface area (Å²) in [5, 5.41) is 4.90. The zero-order valence-electron chi connectivity index (χ0n) is 16.7. The molecule has 0 unspecified atom stereocenters. The Morgan fingerprint density at radius 2 is 1.93 bits per heavy atom. The molecule has 1 aromatic carbocycles. The highest BCUT2D eigenvalue weighted by Crippen LogP contribution is 2.45. The van der Waals surface area contributed by atoms with Gasteiger partial charge in [0.15, 0.2) is 11.4 Å². The van der Waals surface area contributed by atoms with Crippen LogP contribution in [-0.2, 0) is 21.8 Å². The number of carbonyl (C=O) groups excluding carboxylic acids is 1. The molecule has 0 aliphatic heterocycles. The van der Waals surface area contributed by atoms with E-state index >= 15 is 0 Å². The predicted octanol–water partition coefficient (Wildman–Crippen LogP) is 6.37. The van der Waals surface area contributed by atoms with E-state index in [4.69, 9.17) is 32.5 Å². The summed E-state index contributed by atoms with van der Waals surface area (Å²) < 4.78 is 26.4. The summed E-state index contributed by atoms with van der Waals surface area (Å²) in [7, 11) is 0. The van der Waals surface area contributed by atoms with Crippen molar-refractivity contribution in [3.8, 4) is 11.3 Å². The van der Waals surface area contributed by atoms with Crippen molar-refractivity contribution < 1.29 is 18.4 Å². The lowest BCUT2D eigenvalue weighted by Crippen LogP contribution is -2.32. The quantitative estimate of drug-likeness (QED) is 0.542. The number of ether oxygens (including phenoxy) is 1. The van der Waals surface area contributed by atoms with Crippen molar-refractivity contribution in [1.29, 1.82) is 0 Å². The highest BCUT2D eigenvalue weighted by Gasteiger charge is 2.46. The summed E-state index contributed by atoms with van der Waals surface area (Å²) in [6.45, 7) is 5.08. The van der Waals surface area contributed by atoms with Crippen molar-refractivity contribution in [1.82, 2.24) is 5.16 Å². The molecule has 0 saturated heterocycles. The maximum absolute atomic E-state index is 14.8. The van der Waals surface area contributed by atoms with Crippen LogP contribution in [0.3, 0.4) is 0 Å². The van der Waals surface area contributed by atoms with Gasteiger partial charge < -0.3 is 9.26 Å². The van der Waals surface area contributed by atoms with Crippen LogP contribution < -0.4 is 0 Å². The summed E-state index contributed by atoms with van der Waals surface area (Å²) >= 11 is 12.7. The van der Waals surface area contributed by atoms with E-state index < -0.39 is 5.67 Å². The molecule has 0 spiro atoms. The number of aromatic nitrogens is 1.